The van der Waals surface area contributed by atoms with Gasteiger partial charge in [-0.25, -0.2) is 0 Å². The van der Waals surface area contributed by atoms with E-state index in [9.17, 15) is 5.11 Å². The first-order chi connectivity index (χ1) is 11.2. The van der Waals surface area contributed by atoms with Crippen LogP contribution >= 0.6 is 0 Å². The van der Waals surface area contributed by atoms with E-state index in [1.165, 1.54) is 6.20 Å². The Bertz CT molecular complexity index is 491. The van der Waals surface area contributed by atoms with Gasteiger partial charge >= 0.3 is 0 Å². The van der Waals surface area contributed by atoms with Crippen molar-refractivity contribution in [2.24, 2.45) is 16.7 Å². The maximum absolute atomic E-state index is 9.18. The number of aromatic nitrogens is 1. The van der Waals surface area contributed by atoms with Crippen LogP contribution in [0.4, 0.5) is 0 Å². The van der Waals surface area contributed by atoms with Crippen molar-refractivity contribution in [2.75, 3.05) is 6.61 Å². The van der Waals surface area contributed by atoms with Crippen LogP contribution in [0.3, 0.4) is 0 Å². The van der Waals surface area contributed by atoms with Crippen molar-refractivity contribution < 1.29 is 9.84 Å². The number of aliphatic hydroxyl groups excluding tert-OH is 1. The smallest absolute Gasteiger partial charge is 0.189 e. The van der Waals surface area contributed by atoms with Crippen molar-refractivity contribution >= 4 is 5.84 Å². The summed E-state index contributed by atoms with van der Waals surface area (Å²) in [5.41, 5.74) is 6.60. The number of hydrogen-bond acceptors (Lipinski definition) is 6. The van der Waals surface area contributed by atoms with Gasteiger partial charge in [-0.1, -0.05) is 19.8 Å². The van der Waals surface area contributed by atoms with Crippen molar-refractivity contribution in [1.82, 2.24) is 10.3 Å². The van der Waals surface area contributed by atoms with Crippen LogP contribution in [0.1, 0.15) is 38.2 Å². The van der Waals surface area contributed by atoms with Crippen LogP contribution in [0.25, 0.3) is 0 Å². The molecule has 0 aliphatic rings. The van der Waals surface area contributed by atoms with Gasteiger partial charge in [0.05, 0.1) is 0 Å². The van der Waals surface area contributed by atoms with Gasteiger partial charge in [0.25, 0.3) is 0 Å². The van der Waals surface area contributed by atoms with E-state index in [-0.39, 0.29) is 12.6 Å². The highest BCUT2D eigenvalue weighted by molar-refractivity contribution is 5.96. The minimum absolute atomic E-state index is 0.0710. The van der Waals surface area contributed by atoms with E-state index in [1.807, 2.05) is 12.1 Å². The molecule has 1 aromatic rings. The summed E-state index contributed by atoms with van der Waals surface area (Å²) >= 11 is 0. The van der Waals surface area contributed by atoms with Crippen LogP contribution in [0.2, 0.25) is 0 Å². The SMILES string of the molecule is CCCCC(CCO)NC(=N/N)/C(=C\N)OCc1ccncc1. The molecule has 0 fully saturated rings. The monoisotopic (exact) mass is 321 g/mol. The zero-order valence-corrected chi connectivity index (χ0v) is 13.6. The number of hydrogen-bond donors (Lipinski definition) is 4. The zero-order valence-electron chi connectivity index (χ0n) is 13.6. The highest BCUT2D eigenvalue weighted by atomic mass is 16.5. The van der Waals surface area contributed by atoms with E-state index < -0.39 is 0 Å². The van der Waals surface area contributed by atoms with E-state index in [0.717, 1.165) is 24.8 Å². The molecule has 0 spiro atoms. The Hall–Kier alpha value is -2.28. The Morgan fingerprint density at radius 3 is 2.74 bits per heavy atom. The molecule has 128 valence electrons. The maximum Gasteiger partial charge on any atom is 0.189 e. The van der Waals surface area contributed by atoms with Crippen LogP contribution in [0, 0.1) is 0 Å². The molecule has 1 aromatic heterocycles. The lowest BCUT2D eigenvalue weighted by Crippen LogP contribution is -2.38. The first kappa shape index (κ1) is 18.8. The van der Waals surface area contributed by atoms with Crippen LogP contribution in [0.15, 0.2) is 41.6 Å². The Morgan fingerprint density at radius 1 is 1.43 bits per heavy atom. The fourth-order valence-corrected chi connectivity index (χ4v) is 2.10. The third kappa shape index (κ3) is 7.01. The van der Waals surface area contributed by atoms with E-state index in [4.69, 9.17) is 16.3 Å². The molecule has 7 nitrogen and oxygen atoms in total. The summed E-state index contributed by atoms with van der Waals surface area (Å²) in [5.74, 6) is 6.23. The molecule has 6 N–H and O–H groups in total. The third-order valence-corrected chi connectivity index (χ3v) is 3.38. The Balaban J connectivity index is 2.64. The number of amidine groups is 1. The normalized spacial score (nSPS) is 13.7. The lowest BCUT2D eigenvalue weighted by Gasteiger charge is -2.21. The number of hydrazone groups is 1. The Kier molecular flexibility index (Phi) is 9.23. The fraction of sp³-hybridized carbons (Fsp3) is 0.500. The summed E-state index contributed by atoms with van der Waals surface area (Å²) in [4.78, 5) is 3.96. The number of ether oxygens (including phenoxy) is 1. The van der Waals surface area contributed by atoms with Crippen LogP contribution in [0.5, 0.6) is 0 Å². The summed E-state index contributed by atoms with van der Waals surface area (Å²) in [5, 5.41) is 16.1. The first-order valence-corrected chi connectivity index (χ1v) is 7.84. The zero-order chi connectivity index (χ0) is 16.9. The van der Waals surface area contributed by atoms with E-state index in [2.05, 4.69) is 22.3 Å². The van der Waals surface area contributed by atoms with Gasteiger partial charge in [0, 0.05) is 31.2 Å². The van der Waals surface area contributed by atoms with Crippen LogP contribution < -0.4 is 16.9 Å². The van der Waals surface area contributed by atoms with Gasteiger partial charge in [-0.3, -0.25) is 4.98 Å². The summed E-state index contributed by atoms with van der Waals surface area (Å²) in [6.07, 6.45) is 8.38. The quantitative estimate of drug-likeness (QED) is 0.169. The fourth-order valence-electron chi connectivity index (χ4n) is 2.10. The number of nitrogens with two attached hydrogens (primary N) is 2. The lowest BCUT2D eigenvalue weighted by atomic mass is 10.1. The highest BCUT2D eigenvalue weighted by Gasteiger charge is 2.15. The molecule has 0 bridgehead atoms. The molecule has 1 atom stereocenters. The highest BCUT2D eigenvalue weighted by Crippen LogP contribution is 2.09. The molecule has 23 heavy (non-hydrogen) atoms. The van der Waals surface area contributed by atoms with Crippen molar-refractivity contribution in [3.05, 3.63) is 42.0 Å². The summed E-state index contributed by atoms with van der Waals surface area (Å²) in [7, 11) is 0. The average molecular weight is 321 g/mol. The summed E-state index contributed by atoms with van der Waals surface area (Å²) in [6, 6.07) is 3.79. The van der Waals surface area contributed by atoms with Gasteiger partial charge in [0.1, 0.15) is 6.61 Å². The minimum atomic E-state index is 0.0710. The predicted molar refractivity (Wildman–Crippen MR) is 91.1 cm³/mol. The molecule has 1 heterocycles. The molecular weight excluding hydrogens is 294 g/mol. The summed E-state index contributed by atoms with van der Waals surface area (Å²) in [6.45, 7) is 2.56. The topological polar surface area (TPSA) is 119 Å². The lowest BCUT2D eigenvalue weighted by molar-refractivity contribution is 0.213. The minimum Gasteiger partial charge on any atom is -0.483 e. The molecular formula is C16H27N5O2. The molecule has 0 aliphatic carbocycles. The second-order valence-electron chi connectivity index (χ2n) is 5.15. The van der Waals surface area contributed by atoms with E-state index in [0.29, 0.717) is 24.6 Å². The van der Waals surface area contributed by atoms with Crippen molar-refractivity contribution in [1.29, 1.82) is 0 Å². The molecule has 1 unspecified atom stereocenters. The maximum atomic E-state index is 9.18. The van der Waals surface area contributed by atoms with Crippen molar-refractivity contribution in [2.45, 2.75) is 45.3 Å². The van der Waals surface area contributed by atoms with Gasteiger partial charge in [-0.2, -0.15) is 5.10 Å². The molecule has 0 amide bonds. The van der Waals surface area contributed by atoms with Gasteiger partial charge in [0.15, 0.2) is 11.6 Å². The Labute approximate surface area is 137 Å². The van der Waals surface area contributed by atoms with E-state index >= 15 is 0 Å². The summed E-state index contributed by atoms with van der Waals surface area (Å²) < 4.78 is 5.69. The molecule has 0 saturated heterocycles. The molecule has 0 aromatic carbocycles. The second kappa shape index (κ2) is 11.3. The molecule has 1 rings (SSSR count). The largest absolute Gasteiger partial charge is 0.483 e. The molecule has 7 heteroatoms. The first-order valence-electron chi connectivity index (χ1n) is 7.84. The van der Waals surface area contributed by atoms with Gasteiger partial charge < -0.3 is 26.7 Å². The van der Waals surface area contributed by atoms with E-state index in [1.54, 1.807) is 12.4 Å². The number of aliphatic hydroxyl groups is 1. The van der Waals surface area contributed by atoms with Gasteiger partial charge in [-0.05, 0) is 30.5 Å². The van der Waals surface area contributed by atoms with Crippen molar-refractivity contribution in [3.63, 3.8) is 0 Å². The predicted octanol–water partition coefficient (Wildman–Crippen LogP) is 1.20. The number of pyridine rings is 1. The average Bonchev–Trinajstić information content (AvgIpc) is 2.59. The number of nitrogens with one attached hydrogen (secondary N) is 1. The van der Waals surface area contributed by atoms with Crippen LogP contribution in [-0.2, 0) is 11.3 Å². The number of nitrogens with zero attached hydrogens (tertiary/aromatic N) is 2. The van der Waals surface area contributed by atoms with Gasteiger partial charge in [-0.15, -0.1) is 0 Å². The van der Waals surface area contributed by atoms with Crippen molar-refractivity contribution in [3.8, 4) is 0 Å². The number of rotatable bonds is 10. The third-order valence-electron chi connectivity index (χ3n) is 3.38. The molecule has 0 saturated carbocycles. The molecule has 0 aliphatic heterocycles. The van der Waals surface area contributed by atoms with Crippen LogP contribution in [-0.4, -0.2) is 28.6 Å². The number of unbranched alkanes of at least 4 members (excludes halogenated alkanes) is 1. The Morgan fingerprint density at radius 2 is 2.17 bits per heavy atom. The van der Waals surface area contributed by atoms with Gasteiger partial charge in [0.2, 0.25) is 0 Å². The molecule has 0 radical (unpaired) electrons. The standard InChI is InChI=1S/C16H27N5O2/c1-2-3-4-14(7-10-22)20-16(21-18)15(11-17)23-12-13-5-8-19-9-6-13/h5-6,8-9,11,14,22H,2-4,7,10,12,17-18H2,1H3,(H,20,21)/b15-11+. The second-order valence-corrected chi connectivity index (χ2v) is 5.15.